The highest BCUT2D eigenvalue weighted by atomic mass is 33.7. The molecule has 1 rings (SSSR count). The number of rotatable bonds is 0. The summed E-state index contributed by atoms with van der Waals surface area (Å²) in [5.41, 5.74) is 0. The lowest BCUT2D eigenvalue weighted by Gasteiger charge is -1.65. The Morgan fingerprint density at radius 1 is 1.12 bits per heavy atom. The van der Waals surface area contributed by atoms with Crippen LogP contribution in [0.5, 0.6) is 0 Å². The summed E-state index contributed by atoms with van der Waals surface area (Å²) < 4.78 is 0. The predicted molar refractivity (Wildman–Crippen MR) is 51.2 cm³/mol. The van der Waals surface area contributed by atoms with Crippen LogP contribution in [0.1, 0.15) is 20.3 Å². The van der Waals surface area contributed by atoms with E-state index in [-0.39, 0.29) is 0 Å². The standard InChI is InChI=1S/C3H8.CH2S4/c1-3-2;1-2-4-5-3-1/h3H2,1-2H3;1H2. The fourth-order valence-electron chi connectivity index (χ4n) is 0.0982. The van der Waals surface area contributed by atoms with Crippen LogP contribution in [0.4, 0.5) is 0 Å². The monoisotopic (exact) mass is 186 g/mol. The minimum Gasteiger partial charge on any atom is -0.0698 e. The molecule has 1 heterocycles. The first kappa shape index (κ1) is 9.40. The van der Waals surface area contributed by atoms with Gasteiger partial charge in [-0.05, 0) is 19.7 Å². The van der Waals surface area contributed by atoms with E-state index in [0.29, 0.717) is 0 Å². The molecule has 1 saturated heterocycles. The third-order valence-electron chi connectivity index (χ3n) is 0.220. The van der Waals surface area contributed by atoms with Gasteiger partial charge in [-0.3, -0.25) is 0 Å². The molecule has 0 aliphatic carbocycles. The molecule has 0 atom stereocenters. The Morgan fingerprint density at radius 3 is 1.62 bits per heavy atom. The third-order valence-corrected chi connectivity index (χ3v) is 7.45. The molecular weight excluding hydrogens is 176 g/mol. The molecule has 0 nitrogen and oxygen atoms in total. The summed E-state index contributed by atoms with van der Waals surface area (Å²) in [6.07, 6.45) is 1.25. The lowest BCUT2D eigenvalue weighted by molar-refractivity contribution is 1.09. The lowest BCUT2D eigenvalue weighted by Crippen LogP contribution is -1.38. The minimum atomic E-state index is 1.25. The average molecular weight is 186 g/mol. The molecule has 1 fully saturated rings. The molecule has 0 radical (unpaired) electrons. The quantitative estimate of drug-likeness (QED) is 0.523. The molecule has 1 aliphatic heterocycles. The van der Waals surface area contributed by atoms with Crippen LogP contribution < -0.4 is 0 Å². The van der Waals surface area contributed by atoms with Crippen molar-refractivity contribution < 1.29 is 0 Å². The van der Waals surface area contributed by atoms with Crippen LogP contribution in [-0.2, 0) is 0 Å². The molecule has 0 aromatic heterocycles. The van der Waals surface area contributed by atoms with Crippen LogP contribution in [0.2, 0.25) is 0 Å². The van der Waals surface area contributed by atoms with Crippen LogP contribution in [0, 0.1) is 0 Å². The Kier molecular flexibility index (Phi) is 9.87. The van der Waals surface area contributed by atoms with Crippen LogP contribution in [0.25, 0.3) is 0 Å². The van der Waals surface area contributed by atoms with E-state index in [1.807, 2.05) is 41.2 Å². The van der Waals surface area contributed by atoms with Crippen molar-refractivity contribution in [1.82, 2.24) is 0 Å². The molecule has 4 heteroatoms. The van der Waals surface area contributed by atoms with E-state index in [0.717, 1.165) is 0 Å². The van der Waals surface area contributed by atoms with Gasteiger partial charge in [-0.25, -0.2) is 0 Å². The predicted octanol–water partition coefficient (Wildman–Crippen LogP) is 4.05. The zero-order valence-electron chi connectivity index (χ0n) is 5.05. The van der Waals surface area contributed by atoms with Gasteiger partial charge in [0.15, 0.2) is 0 Å². The Bertz CT molecular complexity index is 27.4. The summed E-state index contributed by atoms with van der Waals surface area (Å²) >= 11 is 0. The first-order valence-electron chi connectivity index (χ1n) is 2.49. The molecule has 1 aliphatic rings. The Labute approximate surface area is 66.5 Å². The molecule has 0 unspecified atom stereocenters. The van der Waals surface area contributed by atoms with Crippen molar-refractivity contribution in [2.45, 2.75) is 20.3 Å². The van der Waals surface area contributed by atoms with Gasteiger partial charge in [0.2, 0.25) is 0 Å². The number of hydrogen-bond donors (Lipinski definition) is 0. The highest BCUT2D eigenvalue weighted by Crippen LogP contribution is 2.53. The third kappa shape index (κ3) is 7.40. The summed E-state index contributed by atoms with van der Waals surface area (Å²) in [4.78, 5) is 0. The second kappa shape index (κ2) is 8.40. The minimum absolute atomic E-state index is 1.25. The van der Waals surface area contributed by atoms with Crippen molar-refractivity contribution >= 4 is 41.2 Å². The Hall–Kier alpha value is 1.40. The second-order valence-electron chi connectivity index (χ2n) is 1.20. The van der Waals surface area contributed by atoms with Crippen LogP contribution >= 0.6 is 41.2 Å². The van der Waals surface area contributed by atoms with Gasteiger partial charge in [-0.15, -0.1) is 0 Å². The van der Waals surface area contributed by atoms with E-state index in [9.17, 15) is 0 Å². The SMILES string of the molecule is C1SSSS1.CCC. The van der Waals surface area contributed by atoms with E-state index in [4.69, 9.17) is 0 Å². The molecule has 0 N–H and O–H groups in total. The molecule has 50 valence electrons. The van der Waals surface area contributed by atoms with E-state index in [1.165, 1.54) is 11.5 Å². The largest absolute Gasteiger partial charge is 0.0698 e. The van der Waals surface area contributed by atoms with Gasteiger partial charge in [0, 0.05) is 0 Å². The molecule has 8 heavy (non-hydrogen) atoms. The maximum absolute atomic E-state index is 2.12. The van der Waals surface area contributed by atoms with E-state index < -0.39 is 0 Å². The Morgan fingerprint density at radius 2 is 1.50 bits per heavy atom. The summed E-state index contributed by atoms with van der Waals surface area (Å²) in [5.74, 6) is 0. The van der Waals surface area contributed by atoms with Crippen molar-refractivity contribution in [2.75, 3.05) is 5.08 Å². The second-order valence-corrected chi connectivity index (χ2v) is 7.56. The Balaban J connectivity index is 0.000000145. The van der Waals surface area contributed by atoms with E-state index in [1.54, 1.807) is 0 Å². The first-order chi connectivity index (χ1) is 3.91. The molecule has 0 bridgehead atoms. The average Bonchev–Trinajstić information content (AvgIpc) is 2.17. The molecule has 0 aromatic carbocycles. The molecule has 0 saturated carbocycles. The van der Waals surface area contributed by atoms with Gasteiger partial charge in [-0.1, -0.05) is 41.9 Å². The van der Waals surface area contributed by atoms with Gasteiger partial charge in [0.25, 0.3) is 0 Å². The molecular formula is C4H10S4. The maximum atomic E-state index is 2.12. The van der Waals surface area contributed by atoms with Crippen LogP contribution in [-0.4, -0.2) is 5.08 Å². The van der Waals surface area contributed by atoms with Gasteiger partial charge in [0.05, 0.1) is 5.08 Å². The number of hydrogen-bond acceptors (Lipinski definition) is 4. The fraction of sp³-hybridized carbons (Fsp3) is 1.00. The molecule has 0 amide bonds. The normalized spacial score (nSPS) is 17.2. The van der Waals surface area contributed by atoms with E-state index >= 15 is 0 Å². The zero-order valence-corrected chi connectivity index (χ0v) is 8.31. The highest BCUT2D eigenvalue weighted by molar-refractivity contribution is 9.30. The van der Waals surface area contributed by atoms with Crippen molar-refractivity contribution in [1.29, 1.82) is 0 Å². The maximum Gasteiger partial charge on any atom is 0.0616 e. The van der Waals surface area contributed by atoms with Crippen molar-refractivity contribution in [3.63, 3.8) is 0 Å². The van der Waals surface area contributed by atoms with Gasteiger partial charge in [0.1, 0.15) is 0 Å². The van der Waals surface area contributed by atoms with Gasteiger partial charge in [-0.2, -0.15) is 0 Å². The summed E-state index contributed by atoms with van der Waals surface area (Å²) in [5, 5.41) is 1.26. The summed E-state index contributed by atoms with van der Waals surface area (Å²) in [6.45, 7) is 4.25. The first-order valence-corrected chi connectivity index (χ1v) is 7.65. The van der Waals surface area contributed by atoms with Crippen molar-refractivity contribution in [3.05, 3.63) is 0 Å². The zero-order chi connectivity index (χ0) is 6.24. The summed E-state index contributed by atoms with van der Waals surface area (Å²) in [7, 11) is 7.57. The molecule has 0 spiro atoms. The van der Waals surface area contributed by atoms with Crippen LogP contribution in [0.3, 0.4) is 0 Å². The van der Waals surface area contributed by atoms with Gasteiger partial charge < -0.3 is 0 Å². The summed E-state index contributed by atoms with van der Waals surface area (Å²) in [6, 6.07) is 0. The fourth-order valence-corrected chi connectivity index (χ4v) is 7.95. The molecule has 0 aromatic rings. The van der Waals surface area contributed by atoms with E-state index in [2.05, 4.69) is 13.8 Å². The van der Waals surface area contributed by atoms with Gasteiger partial charge >= 0.3 is 0 Å². The smallest absolute Gasteiger partial charge is 0.0616 e. The highest BCUT2D eigenvalue weighted by Gasteiger charge is 1.98. The van der Waals surface area contributed by atoms with Crippen molar-refractivity contribution in [3.8, 4) is 0 Å². The van der Waals surface area contributed by atoms with Crippen molar-refractivity contribution in [2.24, 2.45) is 0 Å². The topological polar surface area (TPSA) is 0 Å². The van der Waals surface area contributed by atoms with Crippen LogP contribution in [0.15, 0.2) is 0 Å². The lowest BCUT2D eigenvalue weighted by atomic mass is 10.6.